The van der Waals surface area contributed by atoms with Crippen LogP contribution in [0.15, 0.2) is 85.3 Å². The number of anilines is 1. The molecular formula is C42H42ClN9O6. The number of carbonyl (C=O) groups is 4. The summed E-state index contributed by atoms with van der Waals surface area (Å²) in [6.07, 6.45) is 10.5. The Bertz CT molecular complexity index is 2280. The molecule has 0 spiro atoms. The van der Waals surface area contributed by atoms with E-state index in [1.807, 2.05) is 73.1 Å². The molecule has 0 radical (unpaired) electrons. The van der Waals surface area contributed by atoms with Crippen LogP contribution in [0.4, 0.5) is 5.69 Å². The lowest BCUT2D eigenvalue weighted by atomic mass is 10.0. The predicted octanol–water partition coefficient (Wildman–Crippen LogP) is 4.79. The number of hydrogen-bond donors (Lipinski definition) is 3. The Hall–Kier alpha value is -6.13. The summed E-state index contributed by atoms with van der Waals surface area (Å²) in [5.41, 5.74) is 6.38. The fourth-order valence-corrected chi connectivity index (χ4v) is 6.77. The second-order valence-electron chi connectivity index (χ2n) is 13.7. The number of nitrogens with zero attached hydrogens (tertiary/aromatic N) is 6. The highest BCUT2D eigenvalue weighted by atomic mass is 35.5. The summed E-state index contributed by atoms with van der Waals surface area (Å²) in [6, 6.07) is 20.0. The Kier molecular flexibility index (Phi) is 13.4. The molecule has 1 atom stereocenters. The summed E-state index contributed by atoms with van der Waals surface area (Å²) in [4.78, 5) is 60.1. The summed E-state index contributed by atoms with van der Waals surface area (Å²) >= 11 is 6.36. The summed E-state index contributed by atoms with van der Waals surface area (Å²) in [5.74, 6) is -2.17. The SMILES string of the molecule is O=C1CCC(N2C(=O)c3cccc(NCCOCCOCc4cn(CCCNCc5ccc(-c6cnc(Cl)c(/C=C/c7ccccc7)c6)cn5)nn4)c3C2=O)C(=O)N1. The summed E-state index contributed by atoms with van der Waals surface area (Å²) in [7, 11) is 0. The van der Waals surface area contributed by atoms with Crippen molar-refractivity contribution in [2.45, 2.75) is 45.0 Å². The third-order valence-electron chi connectivity index (χ3n) is 9.56. The van der Waals surface area contributed by atoms with Crippen molar-refractivity contribution in [1.29, 1.82) is 0 Å². The van der Waals surface area contributed by atoms with Gasteiger partial charge in [0.25, 0.3) is 11.8 Å². The van der Waals surface area contributed by atoms with Gasteiger partial charge in [-0.1, -0.05) is 71.4 Å². The number of ether oxygens (including phenoxy) is 2. The van der Waals surface area contributed by atoms with E-state index >= 15 is 0 Å². The van der Waals surface area contributed by atoms with Gasteiger partial charge in [0.15, 0.2) is 0 Å². The molecule has 2 aromatic carbocycles. The lowest BCUT2D eigenvalue weighted by Gasteiger charge is -2.27. The van der Waals surface area contributed by atoms with E-state index in [-0.39, 0.29) is 24.0 Å². The van der Waals surface area contributed by atoms with Crippen LogP contribution in [0.3, 0.4) is 0 Å². The second kappa shape index (κ2) is 19.3. The van der Waals surface area contributed by atoms with Crippen molar-refractivity contribution < 1.29 is 28.7 Å². The van der Waals surface area contributed by atoms with Crippen molar-refractivity contribution in [3.63, 3.8) is 0 Å². The molecule has 298 valence electrons. The van der Waals surface area contributed by atoms with Crippen molar-refractivity contribution in [3.05, 3.63) is 124 Å². The number of imide groups is 2. The monoisotopic (exact) mass is 803 g/mol. The van der Waals surface area contributed by atoms with Gasteiger partial charge in [0.05, 0.1) is 49.4 Å². The Labute approximate surface area is 339 Å². The minimum atomic E-state index is -1.02. The van der Waals surface area contributed by atoms with E-state index in [9.17, 15) is 19.2 Å². The summed E-state index contributed by atoms with van der Waals surface area (Å²) in [5, 5.41) is 17.6. The largest absolute Gasteiger partial charge is 0.382 e. The van der Waals surface area contributed by atoms with Gasteiger partial charge in [-0.3, -0.25) is 39.1 Å². The molecule has 5 aromatic rings. The molecular weight excluding hydrogens is 762 g/mol. The topological polar surface area (TPSA) is 183 Å². The zero-order chi connectivity index (χ0) is 40.3. The molecule has 58 heavy (non-hydrogen) atoms. The van der Waals surface area contributed by atoms with E-state index in [4.69, 9.17) is 21.1 Å². The highest BCUT2D eigenvalue weighted by molar-refractivity contribution is 6.31. The van der Waals surface area contributed by atoms with Crippen LogP contribution in [0.2, 0.25) is 5.15 Å². The molecule has 0 bridgehead atoms. The summed E-state index contributed by atoms with van der Waals surface area (Å²) < 4.78 is 13.2. The van der Waals surface area contributed by atoms with E-state index in [2.05, 4.69) is 36.2 Å². The number of rotatable bonds is 19. The molecule has 3 aromatic heterocycles. The molecule has 1 saturated heterocycles. The van der Waals surface area contributed by atoms with Gasteiger partial charge in [-0.25, -0.2) is 4.98 Å². The molecule has 1 unspecified atom stereocenters. The van der Waals surface area contributed by atoms with Crippen LogP contribution in [-0.4, -0.2) is 92.4 Å². The number of fused-ring (bicyclic) bond motifs is 1. The molecule has 16 heteroatoms. The van der Waals surface area contributed by atoms with Gasteiger partial charge < -0.3 is 20.1 Å². The van der Waals surface area contributed by atoms with Gasteiger partial charge >= 0.3 is 0 Å². The highest BCUT2D eigenvalue weighted by Gasteiger charge is 2.45. The predicted molar refractivity (Wildman–Crippen MR) is 216 cm³/mol. The molecule has 5 heterocycles. The number of amides is 4. The van der Waals surface area contributed by atoms with Crippen LogP contribution in [0.5, 0.6) is 0 Å². The Morgan fingerprint density at radius 1 is 0.862 bits per heavy atom. The fourth-order valence-electron chi connectivity index (χ4n) is 6.60. The number of piperidine rings is 1. The van der Waals surface area contributed by atoms with Crippen molar-refractivity contribution in [3.8, 4) is 11.1 Å². The molecule has 0 aliphatic carbocycles. The Morgan fingerprint density at radius 3 is 2.53 bits per heavy atom. The van der Waals surface area contributed by atoms with Crippen molar-refractivity contribution in [2.75, 3.05) is 38.2 Å². The third-order valence-corrected chi connectivity index (χ3v) is 9.88. The molecule has 2 aliphatic heterocycles. The van der Waals surface area contributed by atoms with Crippen molar-refractivity contribution in [2.24, 2.45) is 0 Å². The first-order valence-electron chi connectivity index (χ1n) is 19.0. The Balaban J connectivity index is 0.753. The number of aromatic nitrogens is 5. The lowest BCUT2D eigenvalue weighted by Crippen LogP contribution is -2.54. The van der Waals surface area contributed by atoms with Gasteiger partial charge in [0.1, 0.15) is 16.9 Å². The molecule has 1 fully saturated rings. The van der Waals surface area contributed by atoms with E-state index in [1.54, 1.807) is 29.1 Å². The van der Waals surface area contributed by atoms with E-state index in [1.165, 1.54) is 0 Å². The van der Waals surface area contributed by atoms with Gasteiger partial charge in [-0.05, 0) is 49.2 Å². The number of carbonyl (C=O) groups excluding carboxylic acids is 4. The first kappa shape index (κ1) is 40.1. The van der Waals surface area contributed by atoms with E-state index < -0.39 is 29.7 Å². The van der Waals surface area contributed by atoms with Gasteiger partial charge in [0.2, 0.25) is 11.8 Å². The number of nitrogens with one attached hydrogen (secondary N) is 3. The fraction of sp³-hybridized carbons (Fsp3) is 0.286. The quantitative estimate of drug-likeness (QED) is 0.0591. The zero-order valence-electron chi connectivity index (χ0n) is 31.6. The minimum Gasteiger partial charge on any atom is -0.382 e. The third kappa shape index (κ3) is 10.0. The molecule has 2 aliphatic rings. The molecule has 3 N–H and O–H groups in total. The molecule has 7 rings (SSSR count). The number of benzene rings is 2. The maximum atomic E-state index is 13.2. The van der Waals surface area contributed by atoms with Crippen LogP contribution < -0.4 is 16.0 Å². The van der Waals surface area contributed by atoms with Gasteiger partial charge in [0, 0.05) is 60.8 Å². The number of pyridine rings is 2. The summed E-state index contributed by atoms with van der Waals surface area (Å²) in [6.45, 7) is 3.82. The number of halogens is 1. The van der Waals surface area contributed by atoms with Crippen molar-refractivity contribution in [1.82, 2.24) is 40.5 Å². The lowest BCUT2D eigenvalue weighted by molar-refractivity contribution is -0.136. The standard InChI is InChI=1S/C42H42ClN9O6/c43-39-29(11-10-28-6-2-1-3-7-28)22-31(24-47-39)30-12-13-32(46-23-30)25-44-16-5-18-51-26-33(49-50-51)27-58-21-20-57-19-17-45-35-9-4-8-34-38(35)42(56)52(41(34)55)36-14-15-37(53)48-40(36)54/h1-4,6-13,22-24,26,36,44-45H,5,14-21,25,27H2,(H,48,53,54)/b11-10+. The smallest absolute Gasteiger partial charge is 0.264 e. The molecule has 4 amide bonds. The normalized spacial score (nSPS) is 15.3. The molecule has 15 nitrogen and oxygen atoms in total. The number of hydrogen-bond acceptors (Lipinski definition) is 12. The average molecular weight is 804 g/mol. The van der Waals surface area contributed by atoms with Crippen LogP contribution in [0.25, 0.3) is 23.3 Å². The first-order valence-corrected chi connectivity index (χ1v) is 19.4. The van der Waals surface area contributed by atoms with E-state index in [0.717, 1.165) is 51.5 Å². The minimum absolute atomic E-state index is 0.0630. The first-order chi connectivity index (χ1) is 28.3. The highest BCUT2D eigenvalue weighted by Crippen LogP contribution is 2.32. The van der Waals surface area contributed by atoms with Gasteiger partial charge in [-0.15, -0.1) is 5.10 Å². The van der Waals surface area contributed by atoms with Gasteiger partial charge in [-0.2, -0.15) is 0 Å². The Morgan fingerprint density at radius 2 is 1.71 bits per heavy atom. The van der Waals surface area contributed by atoms with Crippen LogP contribution in [0, 0.1) is 0 Å². The van der Waals surface area contributed by atoms with E-state index in [0.29, 0.717) is 56.9 Å². The average Bonchev–Trinajstić information content (AvgIpc) is 3.80. The van der Waals surface area contributed by atoms with Crippen LogP contribution >= 0.6 is 11.6 Å². The maximum absolute atomic E-state index is 13.2. The second-order valence-corrected chi connectivity index (χ2v) is 14.0. The maximum Gasteiger partial charge on any atom is 0.264 e. The molecule has 0 saturated carbocycles. The van der Waals surface area contributed by atoms with Crippen molar-refractivity contribution >= 4 is 53.1 Å². The number of aryl methyl sites for hydroxylation is 1. The van der Waals surface area contributed by atoms with Crippen LogP contribution in [-0.2, 0) is 38.8 Å². The zero-order valence-corrected chi connectivity index (χ0v) is 32.4. The van der Waals surface area contributed by atoms with Crippen LogP contribution in [0.1, 0.15) is 62.5 Å².